The third-order valence-electron chi connectivity index (χ3n) is 3.59. The van der Waals surface area contributed by atoms with E-state index in [1.807, 2.05) is 33.2 Å². The SMILES string of the molecule is CCCc1nccn1CCCC(C)(NC(C)C)C(=O)OC. The number of imidazole rings is 1. The molecule has 0 aliphatic rings. The van der Waals surface area contributed by atoms with Crippen molar-refractivity contribution in [1.29, 1.82) is 0 Å². The number of hydrogen-bond donors (Lipinski definition) is 1. The molecule has 1 rings (SSSR count). The molecule has 1 N–H and O–H groups in total. The standard InChI is InChI=1S/C16H29N3O2/c1-6-8-14-17-10-12-19(14)11-7-9-16(4,15(20)21-5)18-13(2)3/h10,12-13,18H,6-9,11H2,1-5H3. The summed E-state index contributed by atoms with van der Waals surface area (Å²) in [6.45, 7) is 9.02. The summed E-state index contributed by atoms with van der Waals surface area (Å²) in [6, 6.07) is 0.234. The van der Waals surface area contributed by atoms with Gasteiger partial charge in [0.15, 0.2) is 0 Å². The number of rotatable bonds is 9. The van der Waals surface area contributed by atoms with E-state index >= 15 is 0 Å². The second kappa shape index (κ2) is 8.17. The second-order valence-corrected chi connectivity index (χ2v) is 6.01. The Kier molecular flexibility index (Phi) is 6.89. The van der Waals surface area contributed by atoms with Gasteiger partial charge in [0.2, 0.25) is 0 Å². The minimum Gasteiger partial charge on any atom is -0.468 e. The van der Waals surface area contributed by atoms with Crippen molar-refractivity contribution in [2.24, 2.45) is 0 Å². The summed E-state index contributed by atoms with van der Waals surface area (Å²) in [7, 11) is 1.44. The van der Waals surface area contributed by atoms with Crippen LogP contribution >= 0.6 is 0 Å². The number of hydrogen-bond acceptors (Lipinski definition) is 4. The number of methoxy groups -OCH3 is 1. The Morgan fingerprint density at radius 1 is 1.52 bits per heavy atom. The van der Waals surface area contributed by atoms with Crippen molar-refractivity contribution in [3.8, 4) is 0 Å². The fraction of sp³-hybridized carbons (Fsp3) is 0.750. The molecule has 5 heteroatoms. The molecular weight excluding hydrogens is 266 g/mol. The van der Waals surface area contributed by atoms with Crippen LogP contribution in [0.5, 0.6) is 0 Å². The predicted molar refractivity (Wildman–Crippen MR) is 84.1 cm³/mol. The molecule has 0 spiro atoms. The van der Waals surface area contributed by atoms with Gasteiger partial charge in [-0.05, 0) is 40.0 Å². The summed E-state index contributed by atoms with van der Waals surface area (Å²) >= 11 is 0. The van der Waals surface area contributed by atoms with Crippen LogP contribution in [-0.4, -0.2) is 34.2 Å². The summed E-state index contributed by atoms with van der Waals surface area (Å²) in [5.41, 5.74) is -0.631. The van der Waals surface area contributed by atoms with Crippen LogP contribution < -0.4 is 5.32 Å². The van der Waals surface area contributed by atoms with Gasteiger partial charge in [0, 0.05) is 31.4 Å². The summed E-state index contributed by atoms with van der Waals surface area (Å²) in [5.74, 6) is 0.921. The summed E-state index contributed by atoms with van der Waals surface area (Å²) in [6.07, 6.45) is 7.57. The number of carbonyl (C=O) groups is 1. The smallest absolute Gasteiger partial charge is 0.325 e. The average molecular weight is 295 g/mol. The van der Waals surface area contributed by atoms with Crippen molar-refractivity contribution in [3.05, 3.63) is 18.2 Å². The Morgan fingerprint density at radius 3 is 2.81 bits per heavy atom. The van der Waals surface area contributed by atoms with Crippen LogP contribution in [0.4, 0.5) is 0 Å². The zero-order valence-electron chi connectivity index (χ0n) is 14.0. The Morgan fingerprint density at radius 2 is 2.24 bits per heavy atom. The van der Waals surface area contributed by atoms with Gasteiger partial charge in [-0.2, -0.15) is 0 Å². The first-order valence-electron chi connectivity index (χ1n) is 7.79. The van der Waals surface area contributed by atoms with Crippen molar-refractivity contribution < 1.29 is 9.53 Å². The van der Waals surface area contributed by atoms with E-state index in [4.69, 9.17) is 4.74 Å². The fourth-order valence-corrected chi connectivity index (χ4v) is 2.69. The lowest BCUT2D eigenvalue weighted by Gasteiger charge is -2.30. The highest BCUT2D eigenvalue weighted by Gasteiger charge is 2.34. The molecule has 0 saturated heterocycles. The molecule has 21 heavy (non-hydrogen) atoms. The number of carbonyl (C=O) groups excluding carboxylic acids is 1. The maximum Gasteiger partial charge on any atom is 0.325 e. The topological polar surface area (TPSA) is 56.2 Å². The number of nitrogens with zero attached hydrogens (tertiary/aromatic N) is 2. The first-order valence-corrected chi connectivity index (χ1v) is 7.79. The molecule has 1 aromatic heterocycles. The molecule has 1 heterocycles. The third kappa shape index (κ3) is 5.16. The van der Waals surface area contributed by atoms with Crippen molar-refractivity contribution in [1.82, 2.24) is 14.9 Å². The molecule has 120 valence electrons. The Balaban J connectivity index is 2.61. The van der Waals surface area contributed by atoms with E-state index in [-0.39, 0.29) is 12.0 Å². The van der Waals surface area contributed by atoms with Gasteiger partial charge < -0.3 is 9.30 Å². The zero-order chi connectivity index (χ0) is 15.9. The van der Waals surface area contributed by atoms with Gasteiger partial charge in [-0.3, -0.25) is 10.1 Å². The number of ether oxygens (including phenoxy) is 1. The largest absolute Gasteiger partial charge is 0.468 e. The Bertz CT molecular complexity index is 442. The lowest BCUT2D eigenvalue weighted by Crippen LogP contribution is -2.53. The predicted octanol–water partition coefficient (Wildman–Crippen LogP) is 2.55. The normalized spacial score (nSPS) is 14.2. The molecule has 0 saturated carbocycles. The molecular formula is C16H29N3O2. The van der Waals surface area contributed by atoms with Gasteiger partial charge in [0.25, 0.3) is 0 Å². The van der Waals surface area contributed by atoms with Crippen LogP contribution in [0, 0.1) is 0 Å². The maximum absolute atomic E-state index is 12.0. The van der Waals surface area contributed by atoms with Crippen molar-refractivity contribution in [2.75, 3.05) is 7.11 Å². The van der Waals surface area contributed by atoms with Crippen LogP contribution in [0.25, 0.3) is 0 Å². The minimum absolute atomic E-state index is 0.199. The van der Waals surface area contributed by atoms with Crippen LogP contribution in [-0.2, 0) is 22.5 Å². The first kappa shape index (κ1) is 17.7. The molecule has 0 aromatic carbocycles. The Hall–Kier alpha value is -1.36. The molecule has 1 aromatic rings. The number of aryl methyl sites for hydroxylation is 2. The van der Waals surface area contributed by atoms with Crippen LogP contribution in [0.2, 0.25) is 0 Å². The van der Waals surface area contributed by atoms with Crippen LogP contribution in [0.3, 0.4) is 0 Å². The average Bonchev–Trinajstić information content (AvgIpc) is 2.85. The van der Waals surface area contributed by atoms with Gasteiger partial charge in [-0.1, -0.05) is 6.92 Å². The summed E-state index contributed by atoms with van der Waals surface area (Å²) in [4.78, 5) is 16.4. The quantitative estimate of drug-likeness (QED) is 0.711. The molecule has 0 aliphatic carbocycles. The van der Waals surface area contributed by atoms with Crippen molar-refractivity contribution in [3.63, 3.8) is 0 Å². The highest BCUT2D eigenvalue weighted by molar-refractivity contribution is 5.80. The molecule has 5 nitrogen and oxygen atoms in total. The van der Waals surface area contributed by atoms with Gasteiger partial charge in [0.1, 0.15) is 11.4 Å². The van der Waals surface area contributed by atoms with E-state index in [1.165, 1.54) is 7.11 Å². The summed E-state index contributed by atoms with van der Waals surface area (Å²) < 4.78 is 7.12. The monoisotopic (exact) mass is 295 g/mol. The molecule has 0 amide bonds. The molecule has 1 unspecified atom stereocenters. The van der Waals surface area contributed by atoms with E-state index < -0.39 is 5.54 Å². The van der Waals surface area contributed by atoms with E-state index in [1.54, 1.807) is 0 Å². The van der Waals surface area contributed by atoms with E-state index in [2.05, 4.69) is 21.8 Å². The maximum atomic E-state index is 12.0. The van der Waals surface area contributed by atoms with Gasteiger partial charge in [-0.15, -0.1) is 0 Å². The van der Waals surface area contributed by atoms with E-state index in [0.717, 1.165) is 38.1 Å². The van der Waals surface area contributed by atoms with Gasteiger partial charge >= 0.3 is 5.97 Å². The first-order chi connectivity index (χ1) is 9.92. The molecule has 0 fully saturated rings. The van der Waals surface area contributed by atoms with E-state index in [9.17, 15) is 4.79 Å². The third-order valence-corrected chi connectivity index (χ3v) is 3.59. The van der Waals surface area contributed by atoms with E-state index in [0.29, 0.717) is 0 Å². The zero-order valence-corrected chi connectivity index (χ0v) is 14.0. The molecule has 1 atom stereocenters. The van der Waals surface area contributed by atoms with Crippen molar-refractivity contribution >= 4 is 5.97 Å². The number of esters is 1. The minimum atomic E-state index is -0.631. The Labute approximate surface area is 128 Å². The highest BCUT2D eigenvalue weighted by atomic mass is 16.5. The van der Waals surface area contributed by atoms with Crippen LogP contribution in [0.15, 0.2) is 12.4 Å². The molecule has 0 bridgehead atoms. The lowest BCUT2D eigenvalue weighted by atomic mass is 9.94. The molecule has 0 aliphatic heterocycles. The summed E-state index contributed by atoms with van der Waals surface area (Å²) in [5, 5.41) is 3.33. The number of aromatic nitrogens is 2. The highest BCUT2D eigenvalue weighted by Crippen LogP contribution is 2.17. The van der Waals surface area contributed by atoms with Crippen molar-refractivity contribution in [2.45, 2.75) is 71.5 Å². The number of nitrogens with one attached hydrogen (secondary N) is 1. The van der Waals surface area contributed by atoms with Crippen LogP contribution in [0.1, 0.15) is 52.8 Å². The lowest BCUT2D eigenvalue weighted by molar-refractivity contribution is -0.148. The van der Waals surface area contributed by atoms with Gasteiger partial charge in [0.05, 0.1) is 7.11 Å². The fourth-order valence-electron chi connectivity index (χ4n) is 2.69. The van der Waals surface area contributed by atoms with Gasteiger partial charge in [-0.25, -0.2) is 4.98 Å². The second-order valence-electron chi connectivity index (χ2n) is 6.01. The molecule has 0 radical (unpaired) electrons.